The fourth-order valence-electron chi connectivity index (χ4n) is 8.67. The van der Waals surface area contributed by atoms with Crippen molar-refractivity contribution in [1.29, 1.82) is 0 Å². The van der Waals surface area contributed by atoms with E-state index in [1.165, 1.54) is 18.7 Å². The monoisotopic (exact) mass is 1220 g/mol. The molecular weight excluding hydrogens is 1160 g/mol. The molecule has 0 unspecified atom stereocenters. The zero-order valence-corrected chi connectivity index (χ0v) is 50.7. The molecule has 0 bridgehead atoms. The predicted molar refractivity (Wildman–Crippen MR) is 342 cm³/mol. The van der Waals surface area contributed by atoms with Gasteiger partial charge in [0.2, 0.25) is 0 Å². The lowest BCUT2D eigenvalue weighted by molar-refractivity contribution is 0.196. The van der Waals surface area contributed by atoms with Crippen molar-refractivity contribution in [2.45, 2.75) is 33.6 Å². The number of aryl methyl sites for hydroxylation is 6. The molecule has 0 amide bonds. The molecule has 28 nitrogen and oxygen atoms in total. The third-order valence-electron chi connectivity index (χ3n) is 13.0. The number of pyridine rings is 6. The molecule has 11 heterocycles. The minimum Gasteiger partial charge on any atom is -0.385 e. The number of fused-ring (bicyclic) bond motifs is 3. The number of nitrogens with one attached hydrogen (secondary N) is 2. The van der Waals surface area contributed by atoms with Crippen LogP contribution in [0.2, 0.25) is 10.0 Å². The topological polar surface area (TPSA) is 322 Å². The largest absolute Gasteiger partial charge is 0.385 e. The number of nitrogens with two attached hydrogens (primary N) is 3. The second kappa shape index (κ2) is 29.2. The summed E-state index contributed by atoms with van der Waals surface area (Å²) >= 11 is 12.7. The number of nitrogen functional groups attached to an aromatic ring is 3. The van der Waals surface area contributed by atoms with Gasteiger partial charge in [-0.05, 0) is 68.5 Å². The summed E-state index contributed by atoms with van der Waals surface area (Å²) in [5.41, 5.74) is 26.5. The van der Waals surface area contributed by atoms with Crippen molar-refractivity contribution in [3.8, 4) is 0 Å². The summed E-state index contributed by atoms with van der Waals surface area (Å²) in [6.07, 6.45) is 14.4. The summed E-state index contributed by atoms with van der Waals surface area (Å²) in [5.74, 6) is 4.83. The van der Waals surface area contributed by atoms with Crippen molar-refractivity contribution in [3.05, 3.63) is 160 Å². The van der Waals surface area contributed by atoms with Gasteiger partial charge >= 0.3 is 0 Å². The molecule has 88 heavy (non-hydrogen) atoms. The smallest absolute Gasteiger partial charge is 0.269 e. The van der Waals surface area contributed by atoms with Crippen LogP contribution in [0.3, 0.4) is 0 Å². The molecule has 11 aromatic rings. The fraction of sp³-hybridized carbons (Fsp3) is 0.241. The Morgan fingerprint density at radius 3 is 1.39 bits per heavy atom. The molecule has 11 aromatic heterocycles. The number of rotatable bonds is 16. The van der Waals surface area contributed by atoms with Crippen LogP contribution in [0.4, 0.5) is 80.9 Å². The Morgan fingerprint density at radius 2 is 0.920 bits per heavy atom. The minimum absolute atomic E-state index is 0.354. The molecule has 0 aliphatic heterocycles. The van der Waals surface area contributed by atoms with Crippen molar-refractivity contribution in [2.24, 2.45) is 21.1 Å². The Balaban J connectivity index is 0.000000164. The lowest BCUT2D eigenvalue weighted by Crippen LogP contribution is -2.22. The van der Waals surface area contributed by atoms with Gasteiger partial charge in [0.15, 0.2) is 16.9 Å². The maximum Gasteiger partial charge on any atom is 0.269 e. The Labute approximate surface area is 515 Å². The Hall–Kier alpha value is -11.0. The number of imidazole rings is 3. The summed E-state index contributed by atoms with van der Waals surface area (Å²) < 4.78 is 16.0. The summed E-state index contributed by atoms with van der Waals surface area (Å²) in [6, 6.07) is 13.9. The number of ether oxygens (including phenoxy) is 2. The van der Waals surface area contributed by atoms with E-state index in [1.54, 1.807) is 86.7 Å². The van der Waals surface area contributed by atoms with Crippen LogP contribution in [0.15, 0.2) is 98.8 Å². The van der Waals surface area contributed by atoms with Crippen molar-refractivity contribution in [1.82, 2.24) is 78.5 Å². The first-order valence-electron chi connectivity index (χ1n) is 26.7. The van der Waals surface area contributed by atoms with Crippen LogP contribution < -0.4 is 37.6 Å². The first-order chi connectivity index (χ1) is 42.4. The molecule has 0 radical (unpaired) electrons. The third kappa shape index (κ3) is 15.5. The van der Waals surface area contributed by atoms with Crippen LogP contribution in [0.25, 0.3) is 48.0 Å². The second-order valence-electron chi connectivity index (χ2n) is 19.4. The van der Waals surface area contributed by atoms with Crippen molar-refractivity contribution >= 4 is 138 Å². The molecule has 0 spiro atoms. The number of anilines is 11. The zero-order chi connectivity index (χ0) is 63.0. The molecule has 448 valence electrons. The van der Waals surface area contributed by atoms with Gasteiger partial charge < -0.3 is 75.3 Å². The van der Waals surface area contributed by atoms with Gasteiger partial charge in [-0.1, -0.05) is 42.9 Å². The van der Waals surface area contributed by atoms with Gasteiger partial charge in [-0.3, -0.25) is 0 Å². The lowest BCUT2D eigenvalue weighted by Gasteiger charge is -2.25. The number of nitrogens with zero attached hydrogens (tertiary/aromatic N) is 21. The SMILES string of the molecule is Nc1cc(N)ncn1.[C-]#[N+]c1cc(C)c(N(CCCOC)c2cc(Cl)c3ncn(C)c3n2)cn1.[C-]#[N+]c1cc(C)c(N(CCCOC)c2cc(Nc3cc(N)ncn3)c3ncn(C)c3n2)cn1.[C-]#[N+]c1cc(C)c(Nc2cc(Cl)c3ncn(C)c3n2)cn1. The fourth-order valence-corrected chi connectivity index (χ4v) is 9.14. The highest BCUT2D eigenvalue weighted by molar-refractivity contribution is 6.35. The predicted octanol–water partition coefficient (Wildman–Crippen LogP) is 10.8. The van der Waals surface area contributed by atoms with Crippen LogP contribution in [0.1, 0.15) is 29.5 Å². The highest BCUT2D eigenvalue weighted by atomic mass is 35.5. The minimum atomic E-state index is 0.354. The molecule has 0 aromatic carbocycles. The average Bonchev–Trinajstić information content (AvgIpc) is 1.84. The molecule has 0 atom stereocenters. The number of methoxy groups -OCH3 is 2. The van der Waals surface area contributed by atoms with Crippen molar-refractivity contribution < 1.29 is 9.47 Å². The van der Waals surface area contributed by atoms with Gasteiger partial charge in [0, 0.05) is 92.0 Å². The molecule has 0 saturated heterocycles. The van der Waals surface area contributed by atoms with E-state index in [2.05, 4.69) is 84.9 Å². The molecule has 0 fully saturated rings. The van der Waals surface area contributed by atoms with Crippen molar-refractivity contribution in [2.75, 3.05) is 78.2 Å². The quantitative estimate of drug-likeness (QED) is 0.0443. The van der Waals surface area contributed by atoms with Crippen LogP contribution in [-0.2, 0) is 30.6 Å². The summed E-state index contributed by atoms with van der Waals surface area (Å²) in [6.45, 7) is 29.7. The van der Waals surface area contributed by atoms with Crippen LogP contribution in [0.5, 0.6) is 0 Å². The van der Waals surface area contributed by atoms with E-state index in [-0.39, 0.29) is 0 Å². The Kier molecular flexibility index (Phi) is 20.9. The summed E-state index contributed by atoms with van der Waals surface area (Å²) in [5, 5.41) is 7.55. The van der Waals surface area contributed by atoms with E-state index in [9.17, 15) is 0 Å². The standard InChI is InChI=1S/C22H24N10O.C18H19ClN6O.C14H11ClN6.C4H6N4/c1-14-8-18(24-2)25-11-16(14)32(6-5-7-33-4)20-9-15(21-22(30-20)31(3)13-28-21)29-19-10-17(23)26-12-27-19;1-12-8-15(20-2)21-10-14(12)25(6-5-7-26-4)16-9-13(19)17-18(23-16)24(3)11-22-17;1-8-4-11(16-2)17-6-10(8)19-12-5-9(15)13-14(20-12)21(3)7-18-13;5-3-1-4(6)8-2-7-3/h8-13H,5-7H2,1,3-4H3,(H3,23,26,27,29,30);8-11H,5-7H2,1,3-4H3;4-7H,1,3H3,(H,19,20);1-2H,(H4,5,6,7,8). The summed E-state index contributed by atoms with van der Waals surface area (Å²) in [4.78, 5) is 69.4. The molecule has 0 saturated carbocycles. The first kappa shape index (κ1) is 63.1. The first-order valence-corrected chi connectivity index (χ1v) is 27.4. The average molecular weight is 1220 g/mol. The molecule has 11 rings (SSSR count). The Morgan fingerprint density at radius 1 is 0.489 bits per heavy atom. The van der Waals surface area contributed by atoms with Crippen LogP contribution in [-0.4, -0.2) is 119 Å². The maximum absolute atomic E-state index is 7.25. The number of halogens is 2. The normalized spacial score (nSPS) is 10.6. The molecular formula is C58H60Cl2N26O2. The summed E-state index contributed by atoms with van der Waals surface area (Å²) in [7, 11) is 9.00. The van der Waals surface area contributed by atoms with E-state index in [0.717, 1.165) is 52.3 Å². The molecule has 0 aliphatic rings. The maximum atomic E-state index is 7.25. The van der Waals surface area contributed by atoms with E-state index in [1.807, 2.05) is 68.1 Å². The van der Waals surface area contributed by atoms with Crippen LogP contribution >= 0.6 is 23.2 Å². The second-order valence-corrected chi connectivity index (χ2v) is 20.2. The molecule has 30 heteroatoms. The Bertz CT molecular complexity index is 4380. The van der Waals surface area contributed by atoms with E-state index >= 15 is 0 Å². The van der Waals surface area contributed by atoms with Gasteiger partial charge in [-0.2, -0.15) is 0 Å². The van der Waals surface area contributed by atoms with Crippen LogP contribution in [0, 0.1) is 40.5 Å². The van der Waals surface area contributed by atoms with E-state index < -0.39 is 0 Å². The number of hydrogen-bond donors (Lipinski definition) is 5. The molecule has 8 N–H and O–H groups in total. The van der Waals surface area contributed by atoms with Gasteiger partial charge in [0.1, 0.15) is 88.5 Å². The van der Waals surface area contributed by atoms with Gasteiger partial charge in [-0.15, -0.1) is 15.0 Å². The number of hydrogen-bond acceptors (Lipinski definition) is 22. The van der Waals surface area contributed by atoms with E-state index in [0.29, 0.717) is 128 Å². The lowest BCUT2D eigenvalue weighted by atomic mass is 10.2. The van der Waals surface area contributed by atoms with Gasteiger partial charge in [0.05, 0.1) is 51.8 Å². The van der Waals surface area contributed by atoms with Crippen molar-refractivity contribution in [3.63, 3.8) is 0 Å². The zero-order valence-electron chi connectivity index (χ0n) is 49.2. The third-order valence-corrected chi connectivity index (χ3v) is 13.6. The van der Waals surface area contributed by atoms with Gasteiger partial charge in [0.25, 0.3) is 17.5 Å². The van der Waals surface area contributed by atoms with E-state index in [4.69, 9.17) is 79.6 Å². The number of aromatic nitrogens is 16. The molecule has 0 aliphatic carbocycles. The highest BCUT2D eigenvalue weighted by Crippen LogP contribution is 2.36. The van der Waals surface area contributed by atoms with Gasteiger partial charge in [-0.25, -0.2) is 49.8 Å². The highest BCUT2D eigenvalue weighted by Gasteiger charge is 2.22.